The molecule has 1 amide bonds. The molecular formula is C24H23N3O4S2. The smallest absolute Gasteiger partial charge is 0.265 e. The zero-order valence-electron chi connectivity index (χ0n) is 18.4. The highest BCUT2D eigenvalue weighted by atomic mass is 32.2. The third kappa shape index (κ3) is 3.77. The van der Waals surface area contributed by atoms with Gasteiger partial charge in [0.15, 0.2) is 0 Å². The van der Waals surface area contributed by atoms with Crippen molar-refractivity contribution in [3.05, 3.63) is 69.6 Å². The van der Waals surface area contributed by atoms with E-state index in [1.54, 1.807) is 23.5 Å². The maximum absolute atomic E-state index is 13.3. The first-order valence-corrected chi connectivity index (χ1v) is 12.8. The molecule has 3 aromatic rings. The van der Waals surface area contributed by atoms with Crippen LogP contribution in [0.15, 0.2) is 52.2 Å². The van der Waals surface area contributed by atoms with Crippen LogP contribution >= 0.6 is 11.3 Å². The van der Waals surface area contributed by atoms with Crippen molar-refractivity contribution in [2.45, 2.75) is 18.7 Å². The van der Waals surface area contributed by atoms with Crippen LogP contribution in [-0.4, -0.2) is 34.5 Å². The summed E-state index contributed by atoms with van der Waals surface area (Å²) < 4.78 is 34.5. The summed E-state index contributed by atoms with van der Waals surface area (Å²) in [7, 11) is -2.56. The van der Waals surface area contributed by atoms with Gasteiger partial charge in [-0.15, -0.1) is 11.3 Å². The summed E-state index contributed by atoms with van der Waals surface area (Å²) in [6.45, 7) is 5.55. The van der Waals surface area contributed by atoms with Crippen molar-refractivity contribution in [3.8, 4) is 5.75 Å². The van der Waals surface area contributed by atoms with Gasteiger partial charge in [-0.2, -0.15) is 0 Å². The van der Waals surface area contributed by atoms with Crippen LogP contribution in [-0.2, 0) is 10.0 Å². The van der Waals surface area contributed by atoms with Crippen molar-refractivity contribution in [2.75, 3.05) is 35.1 Å². The molecule has 3 aliphatic rings. The second kappa shape index (κ2) is 7.93. The molecule has 33 heavy (non-hydrogen) atoms. The Hall–Kier alpha value is -3.30. The first-order chi connectivity index (χ1) is 15.8. The molecule has 0 radical (unpaired) electrons. The molecule has 4 heterocycles. The zero-order chi connectivity index (χ0) is 23.3. The van der Waals surface area contributed by atoms with E-state index < -0.39 is 10.0 Å². The largest absolute Gasteiger partial charge is 0.495 e. The van der Waals surface area contributed by atoms with Crippen molar-refractivity contribution >= 4 is 49.7 Å². The fourth-order valence-corrected chi connectivity index (χ4v) is 6.56. The van der Waals surface area contributed by atoms with Gasteiger partial charge in [0.1, 0.15) is 10.6 Å². The average molecular weight is 482 g/mol. The normalized spacial score (nSPS) is 14.2. The minimum atomic E-state index is -3.97. The van der Waals surface area contributed by atoms with Gasteiger partial charge in [-0.05, 0) is 54.8 Å². The fraction of sp³-hybridized carbons (Fsp3) is 0.208. The number of anilines is 3. The lowest BCUT2D eigenvalue weighted by Gasteiger charge is -2.39. The van der Waals surface area contributed by atoms with Crippen molar-refractivity contribution < 1.29 is 17.9 Å². The number of rotatable bonds is 6. The van der Waals surface area contributed by atoms with Gasteiger partial charge >= 0.3 is 0 Å². The summed E-state index contributed by atoms with van der Waals surface area (Å²) in [5.74, 6) is -0.0830. The van der Waals surface area contributed by atoms with Crippen LogP contribution in [0.5, 0.6) is 5.75 Å². The highest BCUT2D eigenvalue weighted by Gasteiger charge is 2.32. The van der Waals surface area contributed by atoms with Crippen LogP contribution in [0.1, 0.15) is 27.0 Å². The lowest BCUT2D eigenvalue weighted by atomic mass is 9.97. The highest BCUT2D eigenvalue weighted by molar-refractivity contribution is 7.92. The Kier molecular flexibility index (Phi) is 5.18. The Balaban J connectivity index is 1.45. The van der Waals surface area contributed by atoms with Gasteiger partial charge in [0, 0.05) is 29.7 Å². The van der Waals surface area contributed by atoms with Crippen LogP contribution in [0.2, 0.25) is 0 Å². The summed E-state index contributed by atoms with van der Waals surface area (Å²) in [5, 5.41) is 5.80. The number of aryl methyl sites for hydroxylation is 2. The first kappa shape index (κ1) is 21.5. The number of hydrogen-bond donors (Lipinski definition) is 2. The van der Waals surface area contributed by atoms with E-state index in [0.29, 0.717) is 16.9 Å². The van der Waals surface area contributed by atoms with E-state index in [2.05, 4.69) is 21.0 Å². The van der Waals surface area contributed by atoms with E-state index in [4.69, 9.17) is 4.74 Å². The molecule has 3 aliphatic heterocycles. The lowest BCUT2D eigenvalue weighted by Crippen LogP contribution is -2.42. The molecule has 2 N–H and O–H groups in total. The van der Waals surface area contributed by atoms with Crippen LogP contribution in [0, 0.1) is 13.8 Å². The fourth-order valence-electron chi connectivity index (χ4n) is 4.13. The van der Waals surface area contributed by atoms with Crippen molar-refractivity contribution in [3.63, 3.8) is 0 Å². The molecule has 0 spiro atoms. The number of thiophene rings is 1. The number of carbonyl (C=O) groups is 1. The molecule has 0 atom stereocenters. The molecule has 0 aliphatic carbocycles. The number of nitrogens with one attached hydrogen (secondary N) is 2. The maximum Gasteiger partial charge on any atom is 0.265 e. The average Bonchev–Trinajstić information content (AvgIpc) is 3.21. The maximum atomic E-state index is 13.3. The van der Waals surface area contributed by atoms with Gasteiger partial charge in [0.25, 0.3) is 15.9 Å². The molecule has 2 aromatic carbocycles. The van der Waals surface area contributed by atoms with Crippen LogP contribution in [0.4, 0.5) is 16.4 Å². The minimum Gasteiger partial charge on any atom is -0.495 e. The quantitative estimate of drug-likeness (QED) is 0.535. The topological polar surface area (TPSA) is 87.7 Å². The Morgan fingerprint density at radius 3 is 2.55 bits per heavy atom. The number of ether oxygens (including phenoxy) is 1. The van der Waals surface area contributed by atoms with Gasteiger partial charge in [-0.3, -0.25) is 9.52 Å². The lowest BCUT2D eigenvalue weighted by molar-refractivity contribution is 0.102. The SMILES string of the molecule is COc1ccc(NC(=O)c2csc3c2C=C2CN3C2)cc1S(=O)(=O)Nc1c(C)cccc1C. The highest BCUT2D eigenvalue weighted by Crippen LogP contribution is 2.42. The Morgan fingerprint density at radius 2 is 1.85 bits per heavy atom. The summed E-state index contributed by atoms with van der Waals surface area (Å²) in [6, 6.07) is 10.2. The van der Waals surface area contributed by atoms with Crippen LogP contribution in [0.25, 0.3) is 6.08 Å². The molecular weight excluding hydrogens is 458 g/mol. The van der Waals surface area contributed by atoms with E-state index in [1.165, 1.54) is 18.7 Å². The minimum absolute atomic E-state index is 0.0488. The Bertz CT molecular complexity index is 1400. The molecule has 9 heteroatoms. The third-order valence-electron chi connectivity index (χ3n) is 5.91. The predicted molar refractivity (Wildman–Crippen MR) is 132 cm³/mol. The van der Waals surface area contributed by atoms with E-state index in [9.17, 15) is 13.2 Å². The van der Waals surface area contributed by atoms with E-state index in [1.807, 2.05) is 37.4 Å². The number of benzene rings is 2. The molecule has 6 rings (SSSR count). The molecule has 170 valence electrons. The number of carbonyl (C=O) groups excluding carboxylic acids is 1. The molecule has 2 bridgehead atoms. The molecule has 7 nitrogen and oxygen atoms in total. The predicted octanol–water partition coefficient (Wildman–Crippen LogP) is 4.64. The number of amides is 1. The number of nitrogens with zero attached hydrogens (tertiary/aromatic N) is 1. The zero-order valence-corrected chi connectivity index (χ0v) is 20.1. The molecule has 1 fully saturated rings. The van der Waals surface area contributed by atoms with E-state index in [0.717, 1.165) is 34.8 Å². The number of sulfonamides is 1. The second-order valence-electron chi connectivity index (χ2n) is 8.22. The van der Waals surface area contributed by atoms with Gasteiger partial charge in [-0.25, -0.2) is 8.42 Å². The van der Waals surface area contributed by atoms with Gasteiger partial charge in [0.2, 0.25) is 0 Å². The molecule has 1 saturated heterocycles. The molecule has 1 aromatic heterocycles. The van der Waals surface area contributed by atoms with Crippen LogP contribution < -0.4 is 19.7 Å². The van der Waals surface area contributed by atoms with E-state index in [-0.39, 0.29) is 16.6 Å². The Morgan fingerprint density at radius 1 is 1.12 bits per heavy atom. The van der Waals surface area contributed by atoms with Gasteiger partial charge in [0.05, 0.1) is 23.4 Å². The van der Waals surface area contributed by atoms with Crippen molar-refractivity contribution in [2.24, 2.45) is 0 Å². The first-order valence-electron chi connectivity index (χ1n) is 10.4. The third-order valence-corrected chi connectivity index (χ3v) is 8.33. The van der Waals surface area contributed by atoms with E-state index >= 15 is 0 Å². The van der Waals surface area contributed by atoms with Gasteiger partial charge < -0.3 is 15.0 Å². The van der Waals surface area contributed by atoms with Crippen molar-refractivity contribution in [1.82, 2.24) is 0 Å². The van der Waals surface area contributed by atoms with Crippen molar-refractivity contribution in [1.29, 1.82) is 0 Å². The summed E-state index contributed by atoms with van der Waals surface area (Å²) in [4.78, 5) is 15.2. The number of para-hydroxylation sites is 1. The molecule has 0 unspecified atom stereocenters. The summed E-state index contributed by atoms with van der Waals surface area (Å²) in [5.41, 5.74) is 5.36. The number of hydrogen-bond acceptors (Lipinski definition) is 6. The monoisotopic (exact) mass is 481 g/mol. The molecule has 0 saturated carbocycles. The summed E-state index contributed by atoms with van der Waals surface area (Å²) in [6.07, 6.45) is 2.08. The second-order valence-corrected chi connectivity index (χ2v) is 10.7. The standard InChI is InChI=1S/C24H23N3O4S2/c1-14-5-4-6-15(2)22(14)26-33(29,30)21-10-17(7-8-20(21)31-3)25-23(28)19-13-32-24-18(19)9-16-11-27(24)12-16/h4-10,13,26H,11-12H2,1-3H3,(H,25,28). The summed E-state index contributed by atoms with van der Waals surface area (Å²) >= 11 is 1.55. The van der Waals surface area contributed by atoms with Crippen LogP contribution in [0.3, 0.4) is 0 Å². The van der Waals surface area contributed by atoms with Gasteiger partial charge in [-0.1, -0.05) is 18.2 Å². The number of methoxy groups -OCH3 is 1. The Labute approximate surface area is 196 Å².